The van der Waals surface area contributed by atoms with E-state index in [1.54, 1.807) is 25.1 Å². The average Bonchev–Trinajstić information content (AvgIpc) is 2.79. The van der Waals surface area contributed by atoms with Gasteiger partial charge < -0.3 is 5.32 Å². The first-order chi connectivity index (χ1) is 9.90. The molecule has 0 unspecified atom stereocenters. The van der Waals surface area contributed by atoms with E-state index in [0.29, 0.717) is 17.9 Å². The molecule has 0 bridgehead atoms. The number of nitrogens with one attached hydrogen (secondary N) is 3. The summed E-state index contributed by atoms with van der Waals surface area (Å²) in [5.74, 6) is 0.279. The summed E-state index contributed by atoms with van der Waals surface area (Å²) in [5, 5.41) is 9.95. The molecule has 2 aromatic rings. The van der Waals surface area contributed by atoms with Gasteiger partial charge in [-0.15, -0.1) is 0 Å². The second-order valence-corrected chi connectivity index (χ2v) is 6.60. The Balaban J connectivity index is 2.29. The minimum atomic E-state index is -3.73. The van der Waals surface area contributed by atoms with Crippen LogP contribution in [0.2, 0.25) is 0 Å². The molecule has 114 valence electrons. The first-order valence-corrected chi connectivity index (χ1v) is 8.09. The molecule has 0 amide bonds. The number of aryl methyl sites for hydroxylation is 1. The van der Waals surface area contributed by atoms with E-state index in [1.165, 1.54) is 6.20 Å². The number of hydrogen-bond donors (Lipinski definition) is 3. The van der Waals surface area contributed by atoms with Crippen molar-refractivity contribution in [1.82, 2.24) is 20.5 Å². The third-order valence-electron chi connectivity index (χ3n) is 2.81. The summed E-state index contributed by atoms with van der Waals surface area (Å²) in [4.78, 5) is 4.14. The first-order valence-electron chi connectivity index (χ1n) is 6.61. The van der Waals surface area contributed by atoms with Crippen molar-refractivity contribution >= 4 is 15.8 Å². The molecule has 7 nitrogen and oxygen atoms in total. The smallest absolute Gasteiger partial charge is 0.266 e. The van der Waals surface area contributed by atoms with Gasteiger partial charge in [0.1, 0.15) is 10.7 Å². The number of H-pyrrole nitrogens is 1. The number of anilines is 1. The standard InChI is InChI=1S/C13H19N5O2S/c1-9(2)15-8-11-13(10(3)16-17-11)21(19,20)18-12-6-4-5-7-14-12/h4-7,9,15H,8H2,1-3H3,(H,14,18)(H,16,17). The fraction of sp³-hybridized carbons (Fsp3) is 0.385. The van der Waals surface area contributed by atoms with Crippen molar-refractivity contribution in [1.29, 1.82) is 0 Å². The van der Waals surface area contributed by atoms with Gasteiger partial charge in [0.25, 0.3) is 10.0 Å². The maximum absolute atomic E-state index is 12.5. The van der Waals surface area contributed by atoms with Gasteiger partial charge >= 0.3 is 0 Å². The summed E-state index contributed by atoms with van der Waals surface area (Å²) < 4.78 is 27.5. The largest absolute Gasteiger partial charge is 0.309 e. The van der Waals surface area contributed by atoms with Gasteiger partial charge in [-0.1, -0.05) is 19.9 Å². The van der Waals surface area contributed by atoms with Gasteiger partial charge in [0, 0.05) is 18.8 Å². The zero-order valence-electron chi connectivity index (χ0n) is 12.2. The number of rotatable bonds is 6. The molecule has 2 heterocycles. The lowest BCUT2D eigenvalue weighted by atomic mass is 10.3. The summed E-state index contributed by atoms with van der Waals surface area (Å²) in [6.45, 7) is 6.03. The Morgan fingerprint density at radius 2 is 2.10 bits per heavy atom. The lowest BCUT2D eigenvalue weighted by Gasteiger charge is -2.10. The maximum Gasteiger partial charge on any atom is 0.266 e. The summed E-state index contributed by atoms with van der Waals surface area (Å²) in [7, 11) is -3.73. The Hall–Kier alpha value is -1.93. The second kappa shape index (κ2) is 6.23. The highest BCUT2D eigenvalue weighted by Crippen LogP contribution is 2.20. The number of nitrogens with zero attached hydrogens (tertiary/aromatic N) is 2. The van der Waals surface area contributed by atoms with Crippen molar-refractivity contribution in [3.63, 3.8) is 0 Å². The van der Waals surface area contributed by atoms with E-state index in [4.69, 9.17) is 0 Å². The van der Waals surface area contributed by atoms with Crippen molar-refractivity contribution < 1.29 is 8.42 Å². The molecule has 0 aliphatic carbocycles. The molecule has 0 spiro atoms. The van der Waals surface area contributed by atoms with E-state index >= 15 is 0 Å². The van der Waals surface area contributed by atoms with E-state index in [9.17, 15) is 8.42 Å². The van der Waals surface area contributed by atoms with Crippen LogP contribution in [0.1, 0.15) is 25.2 Å². The highest BCUT2D eigenvalue weighted by molar-refractivity contribution is 7.92. The van der Waals surface area contributed by atoms with Crippen LogP contribution >= 0.6 is 0 Å². The molecule has 2 aromatic heterocycles. The van der Waals surface area contributed by atoms with Crippen molar-refractivity contribution in [2.45, 2.75) is 38.3 Å². The molecule has 0 aliphatic rings. The van der Waals surface area contributed by atoms with Gasteiger partial charge in [-0.25, -0.2) is 13.4 Å². The van der Waals surface area contributed by atoms with Crippen molar-refractivity contribution in [2.75, 3.05) is 4.72 Å². The Labute approximate surface area is 124 Å². The molecule has 3 N–H and O–H groups in total. The maximum atomic E-state index is 12.5. The Bertz CT molecular complexity index is 695. The zero-order chi connectivity index (χ0) is 15.5. The molecule has 0 atom stereocenters. The van der Waals surface area contributed by atoms with Gasteiger partial charge in [-0.05, 0) is 19.1 Å². The van der Waals surface area contributed by atoms with Crippen LogP contribution in [0.15, 0.2) is 29.3 Å². The molecule has 21 heavy (non-hydrogen) atoms. The van der Waals surface area contributed by atoms with Crippen LogP contribution in [-0.4, -0.2) is 29.6 Å². The fourth-order valence-electron chi connectivity index (χ4n) is 1.86. The van der Waals surface area contributed by atoms with Crippen LogP contribution in [0, 0.1) is 6.92 Å². The second-order valence-electron chi connectivity index (χ2n) is 4.98. The molecule has 8 heteroatoms. The summed E-state index contributed by atoms with van der Waals surface area (Å²) in [6, 6.07) is 5.27. The minimum Gasteiger partial charge on any atom is -0.309 e. The predicted octanol–water partition coefficient (Wildman–Crippen LogP) is 1.41. The lowest BCUT2D eigenvalue weighted by Crippen LogP contribution is -2.24. The van der Waals surface area contributed by atoms with Crippen molar-refractivity contribution in [3.05, 3.63) is 35.8 Å². The molecule has 0 saturated heterocycles. The van der Waals surface area contributed by atoms with Crippen LogP contribution < -0.4 is 10.0 Å². The quantitative estimate of drug-likeness (QED) is 0.749. The fourth-order valence-corrected chi connectivity index (χ4v) is 3.23. The van der Waals surface area contributed by atoms with Crippen molar-refractivity contribution in [2.24, 2.45) is 0 Å². The first kappa shape index (κ1) is 15.5. The molecule has 0 radical (unpaired) electrons. The Kier molecular flexibility index (Phi) is 4.59. The van der Waals surface area contributed by atoms with Gasteiger partial charge in [-0.2, -0.15) is 5.10 Å². The Morgan fingerprint density at radius 1 is 1.33 bits per heavy atom. The summed E-state index contributed by atoms with van der Waals surface area (Å²) >= 11 is 0. The molecule has 0 aliphatic heterocycles. The van der Waals surface area contributed by atoms with Gasteiger partial charge in [0.2, 0.25) is 0 Å². The average molecular weight is 309 g/mol. The van der Waals surface area contributed by atoms with Crippen LogP contribution in [-0.2, 0) is 16.6 Å². The number of aromatic nitrogens is 3. The highest BCUT2D eigenvalue weighted by Gasteiger charge is 2.24. The Morgan fingerprint density at radius 3 is 2.71 bits per heavy atom. The van der Waals surface area contributed by atoms with E-state index < -0.39 is 10.0 Å². The molecule has 0 fully saturated rings. The van der Waals surface area contributed by atoms with Crippen LogP contribution in [0.3, 0.4) is 0 Å². The van der Waals surface area contributed by atoms with Gasteiger partial charge in [0.15, 0.2) is 0 Å². The lowest BCUT2D eigenvalue weighted by molar-refractivity contribution is 0.570. The third-order valence-corrected chi connectivity index (χ3v) is 4.37. The third kappa shape index (κ3) is 3.79. The van der Waals surface area contributed by atoms with Crippen LogP contribution in [0.25, 0.3) is 0 Å². The normalized spacial score (nSPS) is 11.8. The minimum absolute atomic E-state index is 0.168. The topological polar surface area (TPSA) is 99.8 Å². The molecular formula is C13H19N5O2S. The van der Waals surface area contributed by atoms with E-state index in [1.807, 2.05) is 13.8 Å². The molecule has 0 aromatic carbocycles. The number of pyridine rings is 1. The summed E-state index contributed by atoms with van der Waals surface area (Å²) in [6.07, 6.45) is 1.53. The van der Waals surface area contributed by atoms with E-state index in [-0.39, 0.29) is 16.8 Å². The molecular weight excluding hydrogens is 290 g/mol. The SMILES string of the molecule is Cc1[nH]nc(CNC(C)C)c1S(=O)(=O)Nc1ccccn1. The predicted molar refractivity (Wildman–Crippen MR) is 80.3 cm³/mol. The van der Waals surface area contributed by atoms with E-state index in [2.05, 4.69) is 25.2 Å². The van der Waals surface area contributed by atoms with Crippen LogP contribution in [0.4, 0.5) is 5.82 Å². The van der Waals surface area contributed by atoms with Gasteiger partial charge in [0.05, 0.1) is 11.4 Å². The summed E-state index contributed by atoms with van der Waals surface area (Å²) in [5.41, 5.74) is 0.962. The monoisotopic (exact) mass is 309 g/mol. The highest BCUT2D eigenvalue weighted by atomic mass is 32.2. The molecule has 0 saturated carbocycles. The van der Waals surface area contributed by atoms with Gasteiger partial charge in [-0.3, -0.25) is 9.82 Å². The zero-order valence-corrected chi connectivity index (χ0v) is 13.0. The van der Waals surface area contributed by atoms with Crippen LogP contribution in [0.5, 0.6) is 0 Å². The number of hydrogen-bond acceptors (Lipinski definition) is 5. The number of aromatic amines is 1. The molecule has 2 rings (SSSR count). The van der Waals surface area contributed by atoms with Crippen molar-refractivity contribution in [3.8, 4) is 0 Å². The van der Waals surface area contributed by atoms with E-state index in [0.717, 1.165) is 0 Å². The number of sulfonamides is 1.